The summed E-state index contributed by atoms with van der Waals surface area (Å²) >= 11 is 0. The second kappa shape index (κ2) is 8.49. The number of aromatic nitrogens is 1. The number of aryl methyl sites for hydroxylation is 1. The van der Waals surface area contributed by atoms with Crippen LogP contribution in [0.1, 0.15) is 50.4 Å². The molecule has 0 aliphatic carbocycles. The molecule has 1 aliphatic heterocycles. The van der Waals surface area contributed by atoms with Crippen LogP contribution in [0.4, 0.5) is 18.9 Å². The number of alkyl halides is 3. The molecule has 1 amide bonds. The largest absolute Gasteiger partial charge is 0.496 e. The Hall–Kier alpha value is -2.61. The third-order valence-electron chi connectivity index (χ3n) is 6.02. The zero-order valence-electron chi connectivity index (χ0n) is 18.2. The van der Waals surface area contributed by atoms with Gasteiger partial charge in [0.05, 0.1) is 30.2 Å². The molecule has 1 aromatic carbocycles. The molecule has 2 aromatic rings. The number of halogens is 3. The van der Waals surface area contributed by atoms with Gasteiger partial charge in [0.15, 0.2) is 0 Å². The molecular formula is C23H27F3N2O3. The van der Waals surface area contributed by atoms with Gasteiger partial charge < -0.3 is 14.8 Å². The maximum absolute atomic E-state index is 13.6. The molecule has 1 saturated heterocycles. The first-order valence-corrected chi connectivity index (χ1v) is 10.2. The van der Waals surface area contributed by atoms with Gasteiger partial charge in [-0.15, -0.1) is 0 Å². The number of para-hydroxylation sites is 1. The Kier molecular flexibility index (Phi) is 6.32. The molecule has 0 radical (unpaired) electrons. The Bertz CT molecular complexity index is 942. The molecule has 3 rings (SSSR count). The van der Waals surface area contributed by atoms with Crippen LogP contribution in [0.2, 0.25) is 0 Å². The van der Waals surface area contributed by atoms with Gasteiger partial charge in [0.2, 0.25) is 0 Å². The number of pyridine rings is 1. The normalized spacial score (nSPS) is 22.9. The maximum Gasteiger partial charge on any atom is 0.419 e. The van der Waals surface area contributed by atoms with Crippen molar-refractivity contribution in [2.24, 2.45) is 5.92 Å². The van der Waals surface area contributed by atoms with E-state index in [2.05, 4.69) is 10.3 Å². The number of benzene rings is 1. The van der Waals surface area contributed by atoms with Crippen molar-refractivity contribution in [3.05, 3.63) is 53.3 Å². The van der Waals surface area contributed by atoms with Crippen LogP contribution in [0.5, 0.6) is 5.75 Å². The predicted octanol–water partition coefficient (Wildman–Crippen LogP) is 5.21. The summed E-state index contributed by atoms with van der Waals surface area (Å²) in [5.41, 5.74) is 0.0864. The molecule has 0 spiro atoms. The molecule has 168 valence electrons. The zero-order valence-corrected chi connectivity index (χ0v) is 18.2. The van der Waals surface area contributed by atoms with Crippen LogP contribution in [-0.4, -0.2) is 29.7 Å². The van der Waals surface area contributed by atoms with Crippen molar-refractivity contribution < 1.29 is 27.4 Å². The van der Waals surface area contributed by atoms with Gasteiger partial charge in [-0.1, -0.05) is 26.0 Å². The first-order valence-electron chi connectivity index (χ1n) is 10.2. The van der Waals surface area contributed by atoms with Crippen molar-refractivity contribution in [1.82, 2.24) is 4.98 Å². The number of carbonyl (C=O) groups excluding carboxylic acids is 1. The first-order chi connectivity index (χ1) is 14.5. The number of nitrogens with zero attached hydrogens (tertiary/aromatic N) is 1. The Morgan fingerprint density at radius 2 is 1.97 bits per heavy atom. The molecule has 0 unspecified atom stereocenters. The highest BCUT2D eigenvalue weighted by atomic mass is 19.4. The lowest BCUT2D eigenvalue weighted by atomic mass is 9.77. The van der Waals surface area contributed by atoms with Gasteiger partial charge in [0.1, 0.15) is 11.9 Å². The zero-order chi connectivity index (χ0) is 23.0. The van der Waals surface area contributed by atoms with Gasteiger partial charge in [0.25, 0.3) is 5.91 Å². The van der Waals surface area contributed by atoms with Crippen molar-refractivity contribution in [1.29, 1.82) is 0 Å². The highest BCUT2D eigenvalue weighted by Crippen LogP contribution is 2.50. The van der Waals surface area contributed by atoms with Gasteiger partial charge in [-0.3, -0.25) is 9.78 Å². The molecule has 1 fully saturated rings. The van der Waals surface area contributed by atoms with E-state index in [0.717, 1.165) is 18.2 Å². The van der Waals surface area contributed by atoms with E-state index in [0.29, 0.717) is 11.3 Å². The summed E-state index contributed by atoms with van der Waals surface area (Å²) in [6, 6.07) is 7.43. The average Bonchev–Trinajstić information content (AvgIpc) is 2.96. The lowest BCUT2D eigenvalue weighted by Gasteiger charge is -2.26. The fourth-order valence-electron chi connectivity index (χ4n) is 4.04. The summed E-state index contributed by atoms with van der Waals surface area (Å²) in [5, 5.41) is 2.79. The minimum absolute atomic E-state index is 0.249. The Balaban J connectivity index is 2.00. The van der Waals surface area contributed by atoms with E-state index in [1.54, 1.807) is 18.3 Å². The van der Waals surface area contributed by atoms with Crippen LogP contribution < -0.4 is 10.1 Å². The van der Waals surface area contributed by atoms with Crippen molar-refractivity contribution in [3.63, 3.8) is 0 Å². The highest BCUT2D eigenvalue weighted by Gasteiger charge is 2.52. The summed E-state index contributed by atoms with van der Waals surface area (Å²) in [4.78, 5) is 17.4. The number of ether oxygens (including phenoxy) is 2. The van der Waals surface area contributed by atoms with Crippen molar-refractivity contribution in [2.45, 2.75) is 57.9 Å². The number of anilines is 1. The molecule has 1 aromatic heterocycles. The second-order valence-corrected chi connectivity index (χ2v) is 8.26. The van der Waals surface area contributed by atoms with Crippen molar-refractivity contribution in [3.8, 4) is 5.75 Å². The van der Waals surface area contributed by atoms with Gasteiger partial charge in [0, 0.05) is 17.2 Å². The number of amides is 1. The molecular weight excluding hydrogens is 409 g/mol. The number of hydrogen-bond donors (Lipinski definition) is 1. The first kappa shape index (κ1) is 23.1. The summed E-state index contributed by atoms with van der Waals surface area (Å²) in [5.74, 6) is -1.59. The van der Waals surface area contributed by atoms with Crippen LogP contribution >= 0.6 is 0 Å². The lowest BCUT2D eigenvalue weighted by molar-refractivity contribution is -0.138. The minimum atomic E-state index is -4.58. The summed E-state index contributed by atoms with van der Waals surface area (Å²) in [6.07, 6.45) is -3.25. The maximum atomic E-state index is 13.6. The third-order valence-corrected chi connectivity index (χ3v) is 6.02. The number of hydrogen-bond acceptors (Lipinski definition) is 4. The quantitative estimate of drug-likeness (QED) is 0.699. The van der Waals surface area contributed by atoms with E-state index in [1.807, 2.05) is 33.8 Å². The molecule has 8 heteroatoms. The number of rotatable bonds is 5. The standard InChI is InChI=1S/C23H27F3N2O3/c1-6-14-10-11-15(12-27-14)28-21(29)20-18(13(2)22(3,4)31-20)16-8-7-9-17(19(16)30-5)23(24,25)26/h7-13,18,20H,6H2,1-5H3,(H,28,29)/t13-,18-,20+/m1/s1. The summed E-state index contributed by atoms with van der Waals surface area (Å²) in [6.45, 7) is 7.50. The average molecular weight is 436 g/mol. The van der Waals surface area contributed by atoms with Gasteiger partial charge in [-0.25, -0.2) is 0 Å². The predicted molar refractivity (Wildman–Crippen MR) is 111 cm³/mol. The van der Waals surface area contributed by atoms with Crippen LogP contribution in [0.15, 0.2) is 36.5 Å². The number of carbonyl (C=O) groups is 1. The fraction of sp³-hybridized carbons (Fsp3) is 0.478. The molecule has 1 N–H and O–H groups in total. The van der Waals surface area contributed by atoms with Gasteiger partial charge in [-0.2, -0.15) is 13.2 Å². The highest BCUT2D eigenvalue weighted by molar-refractivity contribution is 5.95. The second-order valence-electron chi connectivity index (χ2n) is 8.26. The topological polar surface area (TPSA) is 60.5 Å². The molecule has 0 bridgehead atoms. The summed E-state index contributed by atoms with van der Waals surface area (Å²) < 4.78 is 51.9. The molecule has 2 heterocycles. The number of nitrogens with one attached hydrogen (secondary N) is 1. The van der Waals surface area contributed by atoms with Gasteiger partial charge in [-0.05, 0) is 44.4 Å². The van der Waals surface area contributed by atoms with E-state index in [-0.39, 0.29) is 11.7 Å². The Labute approximate surface area is 180 Å². The van der Waals surface area contributed by atoms with E-state index in [1.165, 1.54) is 13.2 Å². The Morgan fingerprint density at radius 1 is 1.26 bits per heavy atom. The van der Waals surface area contributed by atoms with E-state index in [9.17, 15) is 18.0 Å². The van der Waals surface area contributed by atoms with Gasteiger partial charge >= 0.3 is 6.18 Å². The molecule has 0 saturated carbocycles. The fourth-order valence-corrected chi connectivity index (χ4v) is 4.04. The van der Waals surface area contributed by atoms with Crippen LogP contribution in [-0.2, 0) is 22.1 Å². The minimum Gasteiger partial charge on any atom is -0.496 e. The smallest absolute Gasteiger partial charge is 0.419 e. The molecule has 31 heavy (non-hydrogen) atoms. The molecule has 1 aliphatic rings. The molecule has 3 atom stereocenters. The van der Waals surface area contributed by atoms with Crippen LogP contribution in [0, 0.1) is 5.92 Å². The molecule has 5 nitrogen and oxygen atoms in total. The monoisotopic (exact) mass is 436 g/mol. The summed E-state index contributed by atoms with van der Waals surface area (Å²) in [7, 11) is 1.20. The SMILES string of the molecule is CCc1ccc(NC(=O)[C@H]2OC(C)(C)[C@H](C)[C@@H]2c2cccc(C(F)(F)F)c2OC)cn1. The van der Waals surface area contributed by atoms with Crippen LogP contribution in [0.3, 0.4) is 0 Å². The van der Waals surface area contributed by atoms with E-state index < -0.39 is 35.3 Å². The van der Waals surface area contributed by atoms with E-state index in [4.69, 9.17) is 9.47 Å². The third kappa shape index (κ3) is 4.54. The van der Waals surface area contributed by atoms with E-state index >= 15 is 0 Å². The lowest BCUT2D eigenvalue weighted by Crippen LogP contribution is -2.33. The van der Waals surface area contributed by atoms with Crippen molar-refractivity contribution >= 4 is 11.6 Å². The number of methoxy groups -OCH3 is 1. The Morgan fingerprint density at radius 3 is 2.52 bits per heavy atom. The van der Waals surface area contributed by atoms with Crippen molar-refractivity contribution in [2.75, 3.05) is 12.4 Å². The van der Waals surface area contributed by atoms with Crippen LogP contribution in [0.25, 0.3) is 0 Å².